The van der Waals surface area contributed by atoms with Gasteiger partial charge in [-0.2, -0.15) is 13.2 Å². The molecule has 2 N–H and O–H groups in total. The molecule has 9 heteroatoms. The maximum atomic E-state index is 12.9. The van der Waals surface area contributed by atoms with Crippen LogP contribution in [-0.4, -0.2) is 20.9 Å². The van der Waals surface area contributed by atoms with E-state index >= 15 is 0 Å². The van der Waals surface area contributed by atoms with Crippen LogP contribution in [0, 0.1) is 6.92 Å². The number of fused-ring (bicyclic) bond motifs is 1. The fourth-order valence-corrected chi connectivity index (χ4v) is 3.92. The molecule has 0 spiro atoms. The molecule has 0 aliphatic carbocycles. The Kier molecular flexibility index (Phi) is 4.83. The molecule has 0 saturated heterocycles. The van der Waals surface area contributed by atoms with Gasteiger partial charge >= 0.3 is 6.18 Å². The molecular weight excluding hydrogens is 401 g/mol. The molecular formula is C20H15F3N4OS. The minimum Gasteiger partial charge on any atom is -0.345 e. The molecule has 0 aliphatic heterocycles. The van der Waals surface area contributed by atoms with Crippen molar-refractivity contribution in [3.8, 4) is 0 Å². The Bertz CT molecular complexity index is 1200. The van der Waals surface area contributed by atoms with E-state index in [9.17, 15) is 18.0 Å². The number of aromatic nitrogens is 3. The summed E-state index contributed by atoms with van der Waals surface area (Å²) in [5, 5.41) is 4.03. The first-order valence-electron chi connectivity index (χ1n) is 8.66. The van der Waals surface area contributed by atoms with Gasteiger partial charge in [-0.25, -0.2) is 9.97 Å². The van der Waals surface area contributed by atoms with Crippen molar-refractivity contribution in [3.63, 3.8) is 0 Å². The average Bonchev–Trinajstić information content (AvgIpc) is 3.27. The second kappa shape index (κ2) is 7.32. The van der Waals surface area contributed by atoms with Gasteiger partial charge in [0.05, 0.1) is 33.6 Å². The maximum Gasteiger partial charge on any atom is 0.416 e. The van der Waals surface area contributed by atoms with Gasteiger partial charge in [-0.1, -0.05) is 18.2 Å². The van der Waals surface area contributed by atoms with Crippen molar-refractivity contribution in [2.24, 2.45) is 0 Å². The molecule has 4 rings (SSSR count). The van der Waals surface area contributed by atoms with Crippen molar-refractivity contribution in [3.05, 3.63) is 76.2 Å². The number of aryl methyl sites for hydroxylation is 1. The number of H-pyrrole nitrogens is 1. The van der Waals surface area contributed by atoms with Gasteiger partial charge in [0, 0.05) is 12.0 Å². The van der Waals surface area contributed by atoms with Crippen molar-refractivity contribution in [2.75, 3.05) is 5.32 Å². The number of alkyl halides is 3. The highest BCUT2D eigenvalue weighted by molar-refractivity contribution is 7.16. The lowest BCUT2D eigenvalue weighted by Gasteiger charge is -2.07. The normalized spacial score (nSPS) is 11.7. The van der Waals surface area contributed by atoms with E-state index in [1.807, 2.05) is 0 Å². The van der Waals surface area contributed by atoms with E-state index in [1.54, 1.807) is 37.5 Å². The molecule has 2 aromatic heterocycles. The molecule has 1 amide bonds. The van der Waals surface area contributed by atoms with Gasteiger partial charge in [-0.15, -0.1) is 11.3 Å². The Morgan fingerprint density at radius 3 is 2.83 bits per heavy atom. The number of aromatic amines is 1. The number of nitrogens with zero attached hydrogens (tertiary/aromatic N) is 2. The fraction of sp³-hybridized carbons (Fsp3) is 0.150. The lowest BCUT2D eigenvalue weighted by atomic mass is 10.1. The number of benzene rings is 2. The number of rotatable bonds is 4. The summed E-state index contributed by atoms with van der Waals surface area (Å²) < 4.78 is 38.7. The van der Waals surface area contributed by atoms with Gasteiger partial charge in [0.1, 0.15) is 5.00 Å². The first kappa shape index (κ1) is 19.1. The predicted molar refractivity (Wildman–Crippen MR) is 105 cm³/mol. The summed E-state index contributed by atoms with van der Waals surface area (Å²) in [6.45, 7) is 1.75. The lowest BCUT2D eigenvalue weighted by molar-refractivity contribution is -0.137. The van der Waals surface area contributed by atoms with Crippen LogP contribution in [0.2, 0.25) is 0 Å². The summed E-state index contributed by atoms with van der Waals surface area (Å²) in [6.07, 6.45) is -2.57. The number of imidazole rings is 1. The first-order valence-corrected chi connectivity index (χ1v) is 9.48. The Hall–Kier alpha value is -3.20. The highest BCUT2D eigenvalue weighted by Crippen LogP contribution is 2.31. The summed E-state index contributed by atoms with van der Waals surface area (Å²) in [5.74, 6) is -0.293. The quantitative estimate of drug-likeness (QED) is 0.481. The van der Waals surface area contributed by atoms with Crippen LogP contribution in [0.4, 0.5) is 18.2 Å². The number of anilines is 1. The van der Waals surface area contributed by atoms with E-state index in [4.69, 9.17) is 0 Å². The highest BCUT2D eigenvalue weighted by atomic mass is 32.1. The van der Waals surface area contributed by atoms with Crippen LogP contribution in [0.5, 0.6) is 0 Å². The summed E-state index contributed by atoms with van der Waals surface area (Å²) in [6, 6.07) is 10.3. The molecule has 0 saturated carbocycles. The molecule has 0 aliphatic rings. The topological polar surface area (TPSA) is 70.7 Å². The van der Waals surface area contributed by atoms with E-state index in [1.165, 1.54) is 17.4 Å². The van der Waals surface area contributed by atoms with Gasteiger partial charge < -0.3 is 10.3 Å². The summed E-state index contributed by atoms with van der Waals surface area (Å²) >= 11 is 1.25. The van der Waals surface area contributed by atoms with Gasteiger partial charge in [0.2, 0.25) is 0 Å². The maximum absolute atomic E-state index is 12.9. The minimum atomic E-state index is -4.39. The third-order valence-corrected chi connectivity index (χ3v) is 5.43. The Labute approximate surface area is 167 Å². The van der Waals surface area contributed by atoms with Crippen molar-refractivity contribution < 1.29 is 18.0 Å². The second-order valence-electron chi connectivity index (χ2n) is 6.49. The Morgan fingerprint density at radius 2 is 2.03 bits per heavy atom. The summed E-state index contributed by atoms with van der Waals surface area (Å²) in [4.78, 5) is 24.0. The van der Waals surface area contributed by atoms with Crippen molar-refractivity contribution in [1.82, 2.24) is 15.0 Å². The van der Waals surface area contributed by atoms with Gasteiger partial charge in [0.15, 0.2) is 0 Å². The van der Waals surface area contributed by atoms with Crippen molar-refractivity contribution >= 4 is 33.3 Å². The fourth-order valence-electron chi connectivity index (χ4n) is 2.93. The third-order valence-electron chi connectivity index (χ3n) is 4.36. The molecule has 0 fully saturated rings. The summed E-state index contributed by atoms with van der Waals surface area (Å²) in [5.41, 5.74) is 2.42. The SMILES string of the molecule is Cc1nc(Cc2cccc(C(F)(F)F)c2)sc1NC(=O)c1ccc2nc[nH]c2c1. The number of halogens is 3. The molecule has 0 bridgehead atoms. The largest absolute Gasteiger partial charge is 0.416 e. The zero-order valence-corrected chi connectivity index (χ0v) is 16.0. The van der Waals surface area contributed by atoms with E-state index in [-0.39, 0.29) is 12.3 Å². The monoisotopic (exact) mass is 416 g/mol. The van der Waals surface area contributed by atoms with Gasteiger partial charge in [-0.05, 0) is 36.8 Å². The van der Waals surface area contributed by atoms with Crippen LogP contribution in [-0.2, 0) is 12.6 Å². The van der Waals surface area contributed by atoms with Crippen molar-refractivity contribution in [1.29, 1.82) is 0 Å². The third kappa shape index (κ3) is 4.14. The van der Waals surface area contributed by atoms with E-state index < -0.39 is 11.7 Å². The number of hydrogen-bond acceptors (Lipinski definition) is 4. The zero-order chi connectivity index (χ0) is 20.6. The average molecular weight is 416 g/mol. The second-order valence-corrected chi connectivity index (χ2v) is 7.57. The zero-order valence-electron chi connectivity index (χ0n) is 15.2. The van der Waals surface area contributed by atoms with Crippen LogP contribution >= 0.6 is 11.3 Å². The molecule has 148 valence electrons. The molecule has 0 atom stereocenters. The highest BCUT2D eigenvalue weighted by Gasteiger charge is 2.30. The predicted octanol–water partition coefficient (Wildman–Crippen LogP) is 5.19. The lowest BCUT2D eigenvalue weighted by Crippen LogP contribution is -2.11. The molecule has 29 heavy (non-hydrogen) atoms. The van der Waals surface area contributed by atoms with Gasteiger partial charge in [0.25, 0.3) is 5.91 Å². The number of carbonyl (C=O) groups is 1. The minimum absolute atomic E-state index is 0.255. The molecule has 0 unspecified atom stereocenters. The standard InChI is InChI=1S/C20H15F3N4OS/c1-11-19(27-18(28)13-5-6-15-16(9-13)25-10-24-15)29-17(26-11)8-12-3-2-4-14(7-12)20(21,22)23/h2-7,9-10H,8H2,1H3,(H,24,25)(H,27,28). The molecule has 4 aromatic rings. The first-order chi connectivity index (χ1) is 13.8. The van der Waals surface area contributed by atoms with Crippen molar-refractivity contribution in [2.45, 2.75) is 19.5 Å². The Morgan fingerprint density at radius 1 is 1.21 bits per heavy atom. The van der Waals surface area contributed by atoms with Crippen LogP contribution in [0.15, 0.2) is 48.8 Å². The number of thiazole rings is 1. The van der Waals surface area contributed by atoms with E-state index in [2.05, 4.69) is 20.3 Å². The van der Waals surface area contributed by atoms with E-state index in [0.717, 1.165) is 23.2 Å². The van der Waals surface area contributed by atoms with Crippen LogP contribution < -0.4 is 5.32 Å². The van der Waals surface area contributed by atoms with Crippen LogP contribution in [0.3, 0.4) is 0 Å². The number of amides is 1. The Balaban J connectivity index is 1.51. The molecule has 2 heterocycles. The smallest absolute Gasteiger partial charge is 0.345 e. The molecule has 2 aromatic carbocycles. The van der Waals surface area contributed by atoms with Crippen LogP contribution in [0.25, 0.3) is 11.0 Å². The van der Waals surface area contributed by atoms with E-state index in [0.29, 0.717) is 26.8 Å². The number of hydrogen-bond donors (Lipinski definition) is 2. The van der Waals surface area contributed by atoms with Crippen LogP contribution in [0.1, 0.15) is 32.2 Å². The summed E-state index contributed by atoms with van der Waals surface area (Å²) in [7, 11) is 0. The molecule has 5 nitrogen and oxygen atoms in total. The van der Waals surface area contributed by atoms with Gasteiger partial charge in [-0.3, -0.25) is 4.79 Å². The molecule has 0 radical (unpaired) electrons. The number of carbonyl (C=O) groups excluding carboxylic acids is 1. The number of nitrogens with one attached hydrogen (secondary N) is 2.